The lowest BCUT2D eigenvalue weighted by Gasteiger charge is -2.37. The van der Waals surface area contributed by atoms with Crippen LogP contribution in [0.25, 0.3) is 0 Å². The number of hydrogen-bond donors (Lipinski definition) is 1. The number of β-amino-alcohol motifs (C(OH)–C–C–N with tert-alkyl or cyclic N) is 1. The van der Waals surface area contributed by atoms with Crippen LogP contribution in [0.4, 0.5) is 5.82 Å². The Morgan fingerprint density at radius 1 is 0.839 bits per heavy atom. The van der Waals surface area contributed by atoms with Gasteiger partial charge in [0.15, 0.2) is 0 Å². The van der Waals surface area contributed by atoms with Crippen molar-refractivity contribution in [1.29, 1.82) is 0 Å². The van der Waals surface area contributed by atoms with E-state index in [1.54, 1.807) is 0 Å². The fraction of sp³-hybridized carbons (Fsp3) is 0.385. The zero-order chi connectivity index (χ0) is 21.6. The number of nitrogens with zero attached hydrogens (tertiary/aromatic N) is 4. The summed E-state index contributed by atoms with van der Waals surface area (Å²) < 4.78 is 0. The molecule has 5 heteroatoms. The molecule has 0 unspecified atom stereocenters. The molecule has 0 amide bonds. The fourth-order valence-electron chi connectivity index (χ4n) is 4.38. The second kappa shape index (κ2) is 10.0. The molecule has 4 rings (SSSR count). The quantitative estimate of drug-likeness (QED) is 0.640. The first-order valence-corrected chi connectivity index (χ1v) is 11.2. The van der Waals surface area contributed by atoms with Crippen molar-refractivity contribution in [2.45, 2.75) is 32.8 Å². The Hall–Kier alpha value is -2.76. The summed E-state index contributed by atoms with van der Waals surface area (Å²) in [6.07, 6.45) is 1.20. The van der Waals surface area contributed by atoms with Crippen LogP contribution in [0, 0.1) is 13.8 Å². The van der Waals surface area contributed by atoms with E-state index in [-0.39, 0.29) is 6.10 Å². The molecule has 162 valence electrons. The van der Waals surface area contributed by atoms with E-state index in [0.29, 0.717) is 13.0 Å². The largest absolute Gasteiger partial charge is 0.391 e. The third-order valence-corrected chi connectivity index (χ3v) is 5.98. The SMILES string of the molecule is Cc1nc(C)c(Cc2ccccc2)c(N2CCN(C[C@H](O)Cc3ccccc3)CC2)n1. The first kappa shape index (κ1) is 21.5. The smallest absolute Gasteiger partial charge is 0.136 e. The molecule has 0 spiro atoms. The minimum absolute atomic E-state index is 0.342. The molecule has 0 bridgehead atoms. The van der Waals surface area contributed by atoms with Gasteiger partial charge in [-0.15, -0.1) is 0 Å². The van der Waals surface area contributed by atoms with Crippen LogP contribution < -0.4 is 4.90 Å². The highest BCUT2D eigenvalue weighted by molar-refractivity contribution is 5.51. The number of rotatable bonds is 7. The van der Waals surface area contributed by atoms with E-state index >= 15 is 0 Å². The van der Waals surface area contributed by atoms with Gasteiger partial charge in [-0.25, -0.2) is 9.97 Å². The minimum atomic E-state index is -0.342. The summed E-state index contributed by atoms with van der Waals surface area (Å²) in [7, 11) is 0. The summed E-state index contributed by atoms with van der Waals surface area (Å²) >= 11 is 0. The predicted molar refractivity (Wildman–Crippen MR) is 126 cm³/mol. The van der Waals surface area contributed by atoms with Gasteiger partial charge in [0.2, 0.25) is 0 Å². The zero-order valence-corrected chi connectivity index (χ0v) is 18.5. The zero-order valence-electron chi connectivity index (χ0n) is 18.5. The van der Waals surface area contributed by atoms with E-state index in [9.17, 15) is 5.11 Å². The Kier molecular flexibility index (Phi) is 6.95. The average molecular weight is 417 g/mol. The van der Waals surface area contributed by atoms with Gasteiger partial charge in [-0.3, -0.25) is 4.90 Å². The third kappa shape index (κ3) is 5.69. The third-order valence-electron chi connectivity index (χ3n) is 5.98. The maximum atomic E-state index is 10.5. The summed E-state index contributed by atoms with van der Waals surface area (Å²) in [5, 5.41) is 10.5. The lowest BCUT2D eigenvalue weighted by atomic mass is 10.0. The van der Waals surface area contributed by atoms with E-state index in [2.05, 4.69) is 58.1 Å². The van der Waals surface area contributed by atoms with Crippen molar-refractivity contribution in [1.82, 2.24) is 14.9 Å². The van der Waals surface area contributed by atoms with Gasteiger partial charge in [0.05, 0.1) is 6.10 Å². The summed E-state index contributed by atoms with van der Waals surface area (Å²) in [6.45, 7) is 8.45. The molecule has 0 aliphatic carbocycles. The van der Waals surface area contributed by atoms with E-state index in [1.807, 2.05) is 31.2 Å². The van der Waals surface area contributed by atoms with Crippen LogP contribution in [0.3, 0.4) is 0 Å². The van der Waals surface area contributed by atoms with E-state index < -0.39 is 0 Å². The predicted octanol–water partition coefficient (Wildman–Crippen LogP) is 3.41. The summed E-state index contributed by atoms with van der Waals surface area (Å²) in [5.74, 6) is 1.89. The Morgan fingerprint density at radius 3 is 2.10 bits per heavy atom. The van der Waals surface area contributed by atoms with Gasteiger partial charge in [-0.1, -0.05) is 60.7 Å². The van der Waals surface area contributed by atoms with Crippen LogP contribution in [0.5, 0.6) is 0 Å². The molecular formula is C26H32N4O. The van der Waals surface area contributed by atoms with Crippen molar-refractivity contribution >= 4 is 5.82 Å². The van der Waals surface area contributed by atoms with Gasteiger partial charge in [-0.05, 0) is 31.4 Å². The molecule has 0 saturated carbocycles. The first-order chi connectivity index (χ1) is 15.1. The molecular weight excluding hydrogens is 384 g/mol. The fourth-order valence-corrected chi connectivity index (χ4v) is 4.38. The second-order valence-corrected chi connectivity index (χ2v) is 8.45. The molecule has 31 heavy (non-hydrogen) atoms. The maximum absolute atomic E-state index is 10.5. The van der Waals surface area contributed by atoms with Crippen LogP contribution in [-0.2, 0) is 12.8 Å². The molecule has 1 saturated heterocycles. The van der Waals surface area contributed by atoms with Crippen LogP contribution in [0.1, 0.15) is 28.2 Å². The minimum Gasteiger partial charge on any atom is -0.391 e. The lowest BCUT2D eigenvalue weighted by molar-refractivity contribution is 0.109. The monoisotopic (exact) mass is 416 g/mol. The van der Waals surface area contributed by atoms with E-state index in [4.69, 9.17) is 4.98 Å². The highest BCUT2D eigenvalue weighted by Crippen LogP contribution is 2.25. The molecule has 1 fully saturated rings. The standard InChI is InChI=1S/C26H32N4O/c1-20-25(18-23-11-7-4-8-12-23)26(28-21(2)27-20)30-15-13-29(14-16-30)19-24(31)17-22-9-5-3-6-10-22/h3-12,24,31H,13-19H2,1-2H3/t24-/m1/s1. The highest BCUT2D eigenvalue weighted by atomic mass is 16.3. The van der Waals surface area contributed by atoms with Gasteiger partial charge in [0.1, 0.15) is 11.6 Å². The summed E-state index contributed by atoms with van der Waals surface area (Å²) in [6, 6.07) is 20.8. The Morgan fingerprint density at radius 2 is 1.45 bits per heavy atom. The molecule has 1 aromatic heterocycles. The molecule has 1 aliphatic heterocycles. The van der Waals surface area contributed by atoms with Gasteiger partial charge in [0, 0.05) is 50.4 Å². The number of aromatic nitrogens is 2. The van der Waals surface area contributed by atoms with Crippen molar-refractivity contribution in [3.05, 3.63) is 88.9 Å². The summed E-state index contributed by atoms with van der Waals surface area (Å²) in [5.41, 5.74) is 4.74. The molecule has 3 aromatic rings. The normalized spacial score (nSPS) is 15.8. The van der Waals surface area contributed by atoms with Crippen molar-refractivity contribution in [3.63, 3.8) is 0 Å². The molecule has 1 aliphatic rings. The van der Waals surface area contributed by atoms with Crippen molar-refractivity contribution in [2.24, 2.45) is 0 Å². The number of benzene rings is 2. The van der Waals surface area contributed by atoms with Crippen LogP contribution in [0.15, 0.2) is 60.7 Å². The molecule has 5 nitrogen and oxygen atoms in total. The van der Waals surface area contributed by atoms with Gasteiger partial charge < -0.3 is 10.0 Å². The van der Waals surface area contributed by atoms with Crippen LogP contribution in [0.2, 0.25) is 0 Å². The molecule has 1 atom stereocenters. The molecule has 2 heterocycles. The molecule has 1 N–H and O–H groups in total. The number of aryl methyl sites for hydroxylation is 2. The van der Waals surface area contributed by atoms with Crippen LogP contribution >= 0.6 is 0 Å². The van der Waals surface area contributed by atoms with Gasteiger partial charge >= 0.3 is 0 Å². The Bertz CT molecular complexity index is 969. The number of hydrogen-bond acceptors (Lipinski definition) is 5. The van der Waals surface area contributed by atoms with Gasteiger partial charge in [-0.2, -0.15) is 0 Å². The maximum Gasteiger partial charge on any atom is 0.136 e. The lowest BCUT2D eigenvalue weighted by Crippen LogP contribution is -2.49. The Balaban J connectivity index is 1.40. The van der Waals surface area contributed by atoms with E-state index in [1.165, 1.54) is 16.7 Å². The van der Waals surface area contributed by atoms with Gasteiger partial charge in [0.25, 0.3) is 0 Å². The van der Waals surface area contributed by atoms with Crippen molar-refractivity contribution in [2.75, 3.05) is 37.6 Å². The van der Waals surface area contributed by atoms with Crippen molar-refractivity contribution < 1.29 is 5.11 Å². The van der Waals surface area contributed by atoms with Crippen LogP contribution in [-0.4, -0.2) is 58.8 Å². The number of aliphatic hydroxyl groups is 1. The highest BCUT2D eigenvalue weighted by Gasteiger charge is 2.23. The number of piperazine rings is 1. The Labute approximate surface area is 185 Å². The number of aliphatic hydroxyl groups excluding tert-OH is 1. The molecule has 2 aromatic carbocycles. The average Bonchev–Trinajstić information content (AvgIpc) is 2.77. The second-order valence-electron chi connectivity index (χ2n) is 8.45. The molecule has 0 radical (unpaired) electrons. The van der Waals surface area contributed by atoms with E-state index in [0.717, 1.165) is 49.9 Å². The first-order valence-electron chi connectivity index (χ1n) is 11.2. The number of anilines is 1. The summed E-state index contributed by atoms with van der Waals surface area (Å²) in [4.78, 5) is 14.2. The topological polar surface area (TPSA) is 52.5 Å². The van der Waals surface area contributed by atoms with Crippen molar-refractivity contribution in [3.8, 4) is 0 Å².